The number of benzene rings is 6. The van der Waals surface area contributed by atoms with Gasteiger partial charge in [0.1, 0.15) is 0 Å². The summed E-state index contributed by atoms with van der Waals surface area (Å²) in [5, 5.41) is 2.73. The molecule has 3 heterocycles. The first-order valence-corrected chi connectivity index (χ1v) is 25.2. The van der Waals surface area contributed by atoms with Crippen LogP contribution >= 0.6 is 0 Å². The van der Waals surface area contributed by atoms with Crippen LogP contribution in [0.5, 0.6) is 0 Å². The van der Waals surface area contributed by atoms with Crippen LogP contribution in [0, 0.1) is 6.92 Å². The van der Waals surface area contributed by atoms with E-state index in [-0.39, 0.29) is 44.9 Å². The zero-order chi connectivity index (χ0) is 45.9. The molecule has 332 valence electrons. The first-order valence-electron chi connectivity index (χ1n) is 25.2. The largest absolute Gasteiger partial charge is 0.376 e. The van der Waals surface area contributed by atoms with Crippen molar-refractivity contribution < 1.29 is 0 Å². The van der Waals surface area contributed by atoms with Crippen LogP contribution in [-0.4, -0.2) is 12.4 Å². The molecule has 3 heteroatoms. The van der Waals surface area contributed by atoms with Crippen LogP contribution < -0.4 is 20.6 Å². The number of hydrogen-bond acceptors (Lipinski definition) is 2. The van der Waals surface area contributed by atoms with Crippen molar-refractivity contribution in [3.63, 3.8) is 0 Å². The predicted molar refractivity (Wildman–Crippen MR) is 281 cm³/mol. The van der Waals surface area contributed by atoms with E-state index in [0.29, 0.717) is 0 Å². The normalized spacial score (nSPS) is 23.6. The highest BCUT2D eigenvalue weighted by molar-refractivity contribution is 6.94. The molecule has 3 aliphatic carbocycles. The maximum Gasteiger partial charge on any atom is 0.333 e. The number of rotatable bonds is 1. The standard InChI is InChI=1S/C62H71BN2/c1-36-30-38(56(2,3)4)22-25-50(36)65-53-41(23-24-44-51(53)43-34-46-47(35-45(43)60(44,12)13)59(10,11)29-28-58(46,8)9)42-31-37-20-16-17-21-40(37)54-52(42)63(65)49-33-39(57(5,6)7)32-48-55(49)64(54)62(15)27-19-18-26-61(48,62)14/h16-17,20-25,30-35H,18-19,26-29H2,1-15H3. The smallest absolute Gasteiger partial charge is 0.333 e. The summed E-state index contributed by atoms with van der Waals surface area (Å²) in [6.45, 7) is 37.0. The molecular formula is C62H71BN2. The van der Waals surface area contributed by atoms with E-state index in [2.05, 4.69) is 198 Å². The van der Waals surface area contributed by atoms with E-state index < -0.39 is 0 Å². The Hall–Kier alpha value is -4.76. The number of hydrogen-bond donors (Lipinski definition) is 0. The Morgan fingerprint density at radius 3 is 1.91 bits per heavy atom. The second-order valence-electron chi connectivity index (χ2n) is 26.0. The minimum absolute atomic E-state index is 0.0136. The molecule has 0 N–H and O–H groups in total. The van der Waals surface area contributed by atoms with Crippen molar-refractivity contribution in [1.29, 1.82) is 0 Å². The van der Waals surface area contributed by atoms with Gasteiger partial charge < -0.3 is 9.71 Å². The molecule has 2 unspecified atom stereocenters. The highest BCUT2D eigenvalue weighted by Crippen LogP contribution is 2.65. The van der Waals surface area contributed by atoms with Crippen molar-refractivity contribution >= 4 is 51.3 Å². The lowest BCUT2D eigenvalue weighted by molar-refractivity contribution is 0.195. The molecular weight excluding hydrogens is 784 g/mol. The van der Waals surface area contributed by atoms with Gasteiger partial charge in [0, 0.05) is 50.1 Å². The highest BCUT2D eigenvalue weighted by atomic mass is 15.3. The summed E-state index contributed by atoms with van der Waals surface area (Å²) in [4.78, 5) is 5.85. The lowest BCUT2D eigenvalue weighted by atomic mass is 9.42. The summed E-state index contributed by atoms with van der Waals surface area (Å²) in [5.41, 5.74) is 26.2. The van der Waals surface area contributed by atoms with Gasteiger partial charge in [0.25, 0.3) is 0 Å². The Balaban J connectivity index is 1.28. The molecule has 6 aromatic rings. The van der Waals surface area contributed by atoms with E-state index in [0.717, 1.165) is 0 Å². The average Bonchev–Trinajstić information content (AvgIpc) is 3.60. The summed E-state index contributed by atoms with van der Waals surface area (Å²) >= 11 is 0. The second-order valence-corrected chi connectivity index (χ2v) is 26.0. The van der Waals surface area contributed by atoms with Gasteiger partial charge >= 0.3 is 6.85 Å². The molecule has 65 heavy (non-hydrogen) atoms. The Kier molecular flexibility index (Phi) is 8.08. The van der Waals surface area contributed by atoms with Crippen molar-refractivity contribution in [2.75, 3.05) is 9.71 Å². The number of fused-ring (bicyclic) bond motifs is 14. The molecule has 0 bridgehead atoms. The summed E-state index contributed by atoms with van der Waals surface area (Å²) in [6.07, 6.45) is 7.37. The SMILES string of the molecule is Cc1cc(C(C)(C)C)ccc1N1B2c3cc(C(C)(C)C)cc4c3N(c3c2c(cc2ccccc32)-c2ccc3c(c21)-c1cc2c(cc1C3(C)C)C(C)(C)CCC2(C)C)C1(C)CCCCC41C. The Morgan fingerprint density at radius 1 is 0.538 bits per heavy atom. The lowest BCUT2D eigenvalue weighted by Gasteiger charge is -2.53. The first-order chi connectivity index (χ1) is 30.4. The van der Waals surface area contributed by atoms with Gasteiger partial charge in [0.05, 0.1) is 5.54 Å². The third-order valence-electron chi connectivity index (χ3n) is 18.8. The molecule has 1 fully saturated rings. The Morgan fingerprint density at radius 2 is 1.22 bits per heavy atom. The average molecular weight is 855 g/mol. The van der Waals surface area contributed by atoms with Gasteiger partial charge in [-0.2, -0.15) is 0 Å². The van der Waals surface area contributed by atoms with E-state index in [9.17, 15) is 0 Å². The molecule has 2 nitrogen and oxygen atoms in total. The molecule has 0 saturated heterocycles. The number of anilines is 4. The van der Waals surface area contributed by atoms with Gasteiger partial charge in [-0.05, 0) is 151 Å². The van der Waals surface area contributed by atoms with Gasteiger partial charge in [-0.25, -0.2) is 0 Å². The number of aryl methyl sites for hydroxylation is 1. The molecule has 3 aliphatic heterocycles. The van der Waals surface area contributed by atoms with Gasteiger partial charge in [-0.3, -0.25) is 0 Å². The summed E-state index contributed by atoms with van der Waals surface area (Å²) in [5.74, 6) is 0. The van der Waals surface area contributed by atoms with E-state index in [1.54, 1.807) is 16.7 Å². The van der Waals surface area contributed by atoms with Crippen LogP contribution in [0.3, 0.4) is 0 Å². The van der Waals surface area contributed by atoms with Gasteiger partial charge in [-0.15, -0.1) is 0 Å². The Labute approximate surface area is 391 Å². The third-order valence-corrected chi connectivity index (χ3v) is 18.8. The predicted octanol–water partition coefficient (Wildman–Crippen LogP) is 15.4. The van der Waals surface area contributed by atoms with Gasteiger partial charge in [-0.1, -0.05) is 170 Å². The zero-order valence-corrected chi connectivity index (χ0v) is 42.3. The molecule has 2 atom stereocenters. The van der Waals surface area contributed by atoms with Crippen molar-refractivity contribution in [2.24, 2.45) is 0 Å². The molecule has 1 saturated carbocycles. The highest BCUT2D eigenvalue weighted by Gasteiger charge is 2.63. The van der Waals surface area contributed by atoms with E-state index in [1.807, 2.05) is 0 Å². The minimum Gasteiger partial charge on any atom is -0.376 e. The summed E-state index contributed by atoms with van der Waals surface area (Å²) in [7, 11) is 0. The lowest BCUT2D eigenvalue weighted by Crippen LogP contribution is -2.65. The van der Waals surface area contributed by atoms with Crippen molar-refractivity contribution in [2.45, 2.75) is 180 Å². The van der Waals surface area contributed by atoms with E-state index >= 15 is 0 Å². The fourth-order valence-electron chi connectivity index (χ4n) is 14.5. The molecule has 0 radical (unpaired) electrons. The number of nitrogens with zero attached hydrogens (tertiary/aromatic N) is 2. The quantitative estimate of drug-likeness (QED) is 0.152. The van der Waals surface area contributed by atoms with Crippen molar-refractivity contribution in [3.8, 4) is 22.3 Å². The van der Waals surface area contributed by atoms with Gasteiger partial charge in [0.15, 0.2) is 0 Å². The molecule has 6 aromatic carbocycles. The van der Waals surface area contributed by atoms with Crippen molar-refractivity contribution in [1.82, 2.24) is 0 Å². The third kappa shape index (κ3) is 5.20. The van der Waals surface area contributed by atoms with Crippen LogP contribution in [0.1, 0.15) is 180 Å². The van der Waals surface area contributed by atoms with E-state index in [1.165, 1.54) is 133 Å². The molecule has 0 amide bonds. The maximum atomic E-state index is 2.95. The maximum absolute atomic E-state index is 2.95. The van der Waals surface area contributed by atoms with Crippen LogP contribution in [0.4, 0.5) is 22.7 Å². The second kappa shape index (κ2) is 12.6. The monoisotopic (exact) mass is 855 g/mol. The fraction of sp³-hybridized carbons (Fsp3) is 0.452. The zero-order valence-electron chi connectivity index (χ0n) is 42.3. The van der Waals surface area contributed by atoms with Crippen molar-refractivity contribution in [3.05, 3.63) is 129 Å². The van der Waals surface area contributed by atoms with Crippen LogP contribution in [0.15, 0.2) is 84.9 Å². The van der Waals surface area contributed by atoms with Crippen LogP contribution in [0.25, 0.3) is 33.0 Å². The van der Waals surface area contributed by atoms with Crippen LogP contribution in [0.2, 0.25) is 0 Å². The minimum atomic E-state index is -0.159. The topological polar surface area (TPSA) is 6.48 Å². The van der Waals surface area contributed by atoms with E-state index in [4.69, 9.17) is 0 Å². The molecule has 6 aliphatic rings. The summed E-state index contributed by atoms with van der Waals surface area (Å²) in [6, 6.07) is 35.3. The Bertz CT molecular complexity index is 3110. The fourth-order valence-corrected chi connectivity index (χ4v) is 14.5. The first kappa shape index (κ1) is 41.7. The molecule has 12 rings (SSSR count). The summed E-state index contributed by atoms with van der Waals surface area (Å²) < 4.78 is 0. The molecule has 0 spiro atoms. The van der Waals surface area contributed by atoms with Crippen LogP contribution in [-0.2, 0) is 32.5 Å². The molecule has 0 aromatic heterocycles. The van der Waals surface area contributed by atoms with Gasteiger partial charge in [0.2, 0.25) is 0 Å².